The monoisotopic (exact) mass is 1120 g/mol. The van der Waals surface area contributed by atoms with Gasteiger partial charge in [-0.3, -0.25) is 14.2 Å². The molecule has 0 aromatic heterocycles. The van der Waals surface area contributed by atoms with E-state index in [1.807, 2.05) is 33.3 Å². The summed E-state index contributed by atoms with van der Waals surface area (Å²) >= 11 is 0. The number of quaternary nitrogens is 1. The molecule has 0 aliphatic carbocycles. The van der Waals surface area contributed by atoms with E-state index in [2.05, 4.69) is 99.0 Å². The van der Waals surface area contributed by atoms with Gasteiger partial charge >= 0.3 is 5.97 Å². The molecule has 0 aromatic rings. The summed E-state index contributed by atoms with van der Waals surface area (Å²) in [6.07, 6.45) is 77.0. The first-order chi connectivity index (χ1) is 38.4. The molecule has 0 aliphatic rings. The van der Waals surface area contributed by atoms with Crippen LogP contribution in [-0.4, -0.2) is 69.4 Å². The van der Waals surface area contributed by atoms with E-state index in [0.29, 0.717) is 23.9 Å². The maximum atomic E-state index is 13.6. The van der Waals surface area contributed by atoms with Crippen molar-refractivity contribution in [3.8, 4) is 0 Å². The lowest BCUT2D eigenvalue weighted by atomic mass is 10.0. The van der Waals surface area contributed by atoms with Crippen molar-refractivity contribution in [2.45, 2.75) is 303 Å². The van der Waals surface area contributed by atoms with Gasteiger partial charge in [-0.25, -0.2) is 0 Å². The molecule has 0 radical (unpaired) electrons. The molecule has 1 N–H and O–H groups in total. The van der Waals surface area contributed by atoms with Gasteiger partial charge in [-0.1, -0.05) is 254 Å². The largest absolute Gasteiger partial charge is 0.756 e. The number of carbonyl (C=O) groups excluding carboxylic acids is 2. The van der Waals surface area contributed by atoms with Gasteiger partial charge in [-0.2, -0.15) is 0 Å². The molecule has 0 saturated heterocycles. The maximum absolute atomic E-state index is 13.6. The minimum absolute atomic E-state index is 0.0292. The van der Waals surface area contributed by atoms with Gasteiger partial charge in [0.1, 0.15) is 19.3 Å². The van der Waals surface area contributed by atoms with Gasteiger partial charge in [0.25, 0.3) is 7.82 Å². The number of esters is 1. The van der Waals surface area contributed by atoms with Crippen LogP contribution in [0.2, 0.25) is 0 Å². The summed E-state index contributed by atoms with van der Waals surface area (Å²) in [4.78, 5) is 40.0. The Morgan fingerprint density at radius 2 is 0.772 bits per heavy atom. The maximum Gasteiger partial charge on any atom is 0.306 e. The van der Waals surface area contributed by atoms with E-state index in [1.165, 1.54) is 154 Å². The molecule has 1 amide bonds. The molecule has 0 rings (SSSR count). The molecule has 3 unspecified atom stereocenters. The topological polar surface area (TPSA) is 114 Å². The fourth-order valence-corrected chi connectivity index (χ4v) is 9.91. The number of phosphoric ester groups is 1. The van der Waals surface area contributed by atoms with E-state index in [9.17, 15) is 19.0 Å². The summed E-state index contributed by atoms with van der Waals surface area (Å²) in [7, 11) is 1.17. The van der Waals surface area contributed by atoms with E-state index in [4.69, 9.17) is 13.8 Å². The van der Waals surface area contributed by atoms with Crippen LogP contribution in [0.1, 0.15) is 290 Å². The third-order valence-corrected chi connectivity index (χ3v) is 15.3. The second-order valence-electron chi connectivity index (χ2n) is 23.3. The normalized spacial score (nSPS) is 14.2. The quantitative estimate of drug-likeness (QED) is 0.0212. The minimum atomic E-state index is -4.71. The van der Waals surface area contributed by atoms with Crippen molar-refractivity contribution in [2.24, 2.45) is 0 Å². The number of carbonyl (C=O) groups is 2. The van der Waals surface area contributed by atoms with Crippen LogP contribution in [0.15, 0.2) is 85.1 Å². The van der Waals surface area contributed by atoms with Gasteiger partial charge in [0.2, 0.25) is 5.91 Å². The molecular weight excluding hydrogens is 1000 g/mol. The molecule has 10 heteroatoms. The highest BCUT2D eigenvalue weighted by Gasteiger charge is 2.27. The number of allylic oxidation sites excluding steroid dienone is 13. The number of hydrogen-bond acceptors (Lipinski definition) is 7. The Morgan fingerprint density at radius 1 is 0.443 bits per heavy atom. The fraction of sp³-hybridized carbons (Fsp3) is 0.768. The molecule has 0 spiro atoms. The van der Waals surface area contributed by atoms with Crippen LogP contribution < -0.4 is 10.2 Å². The van der Waals surface area contributed by atoms with Crippen LogP contribution in [0.25, 0.3) is 0 Å². The highest BCUT2D eigenvalue weighted by atomic mass is 31.2. The summed E-state index contributed by atoms with van der Waals surface area (Å²) in [5.74, 6) is -0.567. The Balaban J connectivity index is 5.12. The Hall–Kier alpha value is -2.81. The van der Waals surface area contributed by atoms with Gasteiger partial charge < -0.3 is 28.5 Å². The van der Waals surface area contributed by atoms with Crippen LogP contribution in [0.5, 0.6) is 0 Å². The Bertz CT molecular complexity index is 1630. The molecule has 3 atom stereocenters. The lowest BCUT2D eigenvalue weighted by Crippen LogP contribution is -2.47. The number of nitrogens with one attached hydrogen (secondary N) is 1. The molecule has 79 heavy (non-hydrogen) atoms. The number of nitrogens with zero attached hydrogens (tertiary/aromatic N) is 1. The lowest BCUT2D eigenvalue weighted by molar-refractivity contribution is -0.870. The zero-order chi connectivity index (χ0) is 57.9. The molecule has 0 bridgehead atoms. The molecule has 0 saturated carbocycles. The van der Waals surface area contributed by atoms with Crippen molar-refractivity contribution in [1.82, 2.24) is 5.32 Å². The summed E-state index contributed by atoms with van der Waals surface area (Å²) < 4.78 is 30.3. The number of ether oxygens (including phenoxy) is 1. The molecule has 0 aromatic carbocycles. The molecular formula is C69H125N2O7P. The van der Waals surface area contributed by atoms with Gasteiger partial charge in [-0.15, -0.1) is 0 Å². The van der Waals surface area contributed by atoms with Crippen LogP contribution in [0.3, 0.4) is 0 Å². The minimum Gasteiger partial charge on any atom is -0.756 e. The fourth-order valence-electron chi connectivity index (χ4n) is 9.18. The van der Waals surface area contributed by atoms with Gasteiger partial charge in [0.15, 0.2) is 0 Å². The van der Waals surface area contributed by atoms with E-state index in [1.54, 1.807) is 0 Å². The molecule has 0 fully saturated rings. The highest BCUT2D eigenvalue weighted by molar-refractivity contribution is 7.45. The summed E-state index contributed by atoms with van der Waals surface area (Å²) in [6.45, 7) is 6.78. The first kappa shape index (κ1) is 76.2. The van der Waals surface area contributed by atoms with Crippen molar-refractivity contribution in [3.05, 3.63) is 85.1 Å². The number of amides is 1. The van der Waals surface area contributed by atoms with E-state index in [-0.39, 0.29) is 24.9 Å². The van der Waals surface area contributed by atoms with Crippen LogP contribution >= 0.6 is 7.82 Å². The number of unbranched alkanes of at least 4 members (excludes halogenated alkanes) is 31. The van der Waals surface area contributed by atoms with E-state index in [0.717, 1.165) is 96.3 Å². The first-order valence-corrected chi connectivity index (χ1v) is 34.4. The highest BCUT2D eigenvalue weighted by Crippen LogP contribution is 2.38. The average molecular weight is 1130 g/mol. The zero-order valence-electron chi connectivity index (χ0n) is 52.3. The van der Waals surface area contributed by atoms with Crippen LogP contribution in [0, 0.1) is 0 Å². The molecule has 458 valence electrons. The lowest BCUT2D eigenvalue weighted by Gasteiger charge is -2.30. The van der Waals surface area contributed by atoms with E-state index < -0.39 is 26.6 Å². The predicted molar refractivity (Wildman–Crippen MR) is 339 cm³/mol. The Morgan fingerprint density at radius 3 is 1.18 bits per heavy atom. The van der Waals surface area contributed by atoms with Crippen molar-refractivity contribution in [2.75, 3.05) is 40.9 Å². The van der Waals surface area contributed by atoms with Crippen molar-refractivity contribution >= 4 is 19.7 Å². The smallest absolute Gasteiger partial charge is 0.306 e. The second-order valence-corrected chi connectivity index (χ2v) is 24.7. The van der Waals surface area contributed by atoms with Gasteiger partial charge in [0.05, 0.1) is 33.8 Å². The van der Waals surface area contributed by atoms with E-state index >= 15 is 0 Å². The molecule has 0 aliphatic heterocycles. The first-order valence-electron chi connectivity index (χ1n) is 32.9. The van der Waals surface area contributed by atoms with Crippen LogP contribution in [-0.2, 0) is 27.9 Å². The average Bonchev–Trinajstić information content (AvgIpc) is 3.41. The molecule has 9 nitrogen and oxygen atoms in total. The van der Waals surface area contributed by atoms with Crippen molar-refractivity contribution in [3.63, 3.8) is 0 Å². The predicted octanol–water partition coefficient (Wildman–Crippen LogP) is 19.9. The SMILES string of the molecule is CCCCC/C=C\C/C=C\C/C=C\CCCCCCCCCCCCCCC(=O)NC(COP(=O)([O-])OCC[N+](C)(C)C)C(/C=C\CCCCCCCCCCC)OC(=O)CCCCCC/C=C\C/C=C\C/C=C\CCCCC. The number of phosphoric acid groups is 1. The second kappa shape index (κ2) is 58.4. The third kappa shape index (κ3) is 59.6. The summed E-state index contributed by atoms with van der Waals surface area (Å²) in [5, 5.41) is 3.03. The van der Waals surface area contributed by atoms with Gasteiger partial charge in [0, 0.05) is 12.8 Å². The number of likely N-dealkylation sites (N-methyl/N-ethyl adjacent to an activating group) is 1. The van der Waals surface area contributed by atoms with Crippen molar-refractivity contribution in [1.29, 1.82) is 0 Å². The van der Waals surface area contributed by atoms with Crippen LogP contribution in [0.4, 0.5) is 0 Å². The Kier molecular flexibility index (Phi) is 56.3. The number of rotatable bonds is 59. The van der Waals surface area contributed by atoms with Crippen molar-refractivity contribution < 1.29 is 37.3 Å². The standard InChI is InChI=1S/C69H125N2O7P/c1-7-10-13-16-19-22-25-27-29-31-32-33-34-35-36-37-38-40-41-43-46-49-52-55-58-61-68(72)70-66(65-77-79(74,75)76-64-63-71(4,5)6)67(60-57-54-51-48-45-24-21-18-15-12-9-3)78-69(73)62-59-56-53-50-47-44-42-39-30-28-26-23-20-17-14-11-8-2/h19-20,22-23,27-30,32-33,42,44,57,60,66-67H,7-18,21,24-26,31,34-41,43,45-56,58-59,61-65H2,1-6H3,(H-,70,72,74,75)/b22-19-,23-20-,29-27-,30-28-,33-32-,44-42-,60-57-. The molecule has 0 heterocycles. The van der Waals surface area contributed by atoms with Gasteiger partial charge in [-0.05, 0) is 109 Å². The zero-order valence-corrected chi connectivity index (χ0v) is 53.2. The third-order valence-electron chi connectivity index (χ3n) is 14.3. The summed E-state index contributed by atoms with van der Waals surface area (Å²) in [5.41, 5.74) is 0. The Labute approximate surface area is 488 Å². The number of hydrogen-bond donors (Lipinski definition) is 1. The summed E-state index contributed by atoms with van der Waals surface area (Å²) in [6, 6.07) is -0.902.